The molecule has 0 spiro atoms. The fraction of sp³-hybridized carbons (Fsp3) is 0.115. The van der Waals surface area contributed by atoms with Gasteiger partial charge in [0.15, 0.2) is 0 Å². The minimum atomic E-state index is -4.61. The van der Waals surface area contributed by atoms with Gasteiger partial charge in [0.2, 0.25) is 0 Å². The molecule has 1 heterocycles. The van der Waals surface area contributed by atoms with Crippen LogP contribution in [0.15, 0.2) is 60.7 Å². The van der Waals surface area contributed by atoms with Crippen LogP contribution in [0.4, 0.5) is 13.2 Å². The van der Waals surface area contributed by atoms with E-state index in [2.05, 4.69) is 11.8 Å². The fourth-order valence-electron chi connectivity index (χ4n) is 3.79. The summed E-state index contributed by atoms with van der Waals surface area (Å²) in [6.45, 7) is 1.92. The molecule has 0 amide bonds. The Labute approximate surface area is 187 Å². The zero-order chi connectivity index (χ0) is 23.9. The van der Waals surface area contributed by atoms with Crippen molar-refractivity contribution in [3.63, 3.8) is 0 Å². The molecule has 4 rings (SSSR count). The minimum absolute atomic E-state index is 0.0896. The Hall–Kier alpha value is -4.18. The molecule has 0 atom stereocenters. The van der Waals surface area contributed by atoms with E-state index in [1.54, 1.807) is 19.2 Å². The normalized spacial score (nSPS) is 11.3. The summed E-state index contributed by atoms with van der Waals surface area (Å²) in [7, 11) is 1.56. The van der Waals surface area contributed by atoms with Crippen LogP contribution >= 0.6 is 0 Å². The Kier molecular flexibility index (Phi) is 5.38. The molecule has 0 aliphatic heterocycles. The number of carboxylic acids is 1. The van der Waals surface area contributed by atoms with Gasteiger partial charge >= 0.3 is 12.1 Å². The number of aromatic nitrogens is 1. The second kappa shape index (κ2) is 8.06. The monoisotopic (exact) mass is 449 g/mol. The minimum Gasteiger partial charge on any atom is -0.507 e. The fourth-order valence-corrected chi connectivity index (χ4v) is 3.79. The van der Waals surface area contributed by atoms with Crippen molar-refractivity contribution in [3.8, 4) is 28.8 Å². The van der Waals surface area contributed by atoms with Crippen molar-refractivity contribution in [2.75, 3.05) is 0 Å². The molecule has 0 saturated heterocycles. The van der Waals surface area contributed by atoms with Crippen LogP contribution in [0.25, 0.3) is 22.2 Å². The summed E-state index contributed by atoms with van der Waals surface area (Å²) in [6.07, 6.45) is -4.61. The van der Waals surface area contributed by atoms with Crippen LogP contribution in [0.2, 0.25) is 0 Å². The van der Waals surface area contributed by atoms with Gasteiger partial charge in [-0.05, 0) is 31.2 Å². The standard InChI is InChI=1S/C26H18F3NO3/c1-15-7-9-16(10-8-15)11-12-17-19-13-20(25(32)33)23(31)14-22(19)30(2)24(17)18-5-3-4-6-21(18)26(27,28)29/h3-10,13-14,31H,1-2H3,(H,32,33). The molecule has 3 aromatic carbocycles. The van der Waals surface area contributed by atoms with E-state index < -0.39 is 23.5 Å². The van der Waals surface area contributed by atoms with E-state index in [4.69, 9.17) is 0 Å². The number of aromatic hydroxyl groups is 1. The van der Waals surface area contributed by atoms with Gasteiger partial charge in [0.25, 0.3) is 0 Å². The van der Waals surface area contributed by atoms with Crippen LogP contribution in [0.1, 0.15) is 32.6 Å². The SMILES string of the molecule is Cc1ccc(C#Cc2c(-c3ccccc3C(F)(F)F)n(C)c3cc(O)c(C(=O)O)cc23)cc1. The van der Waals surface area contributed by atoms with Crippen LogP contribution in [0.5, 0.6) is 5.75 Å². The van der Waals surface area contributed by atoms with Crippen molar-refractivity contribution in [1.82, 2.24) is 4.57 Å². The van der Waals surface area contributed by atoms with E-state index in [9.17, 15) is 28.2 Å². The molecule has 1 aromatic heterocycles. The van der Waals surface area contributed by atoms with E-state index in [1.165, 1.54) is 34.9 Å². The summed E-state index contributed by atoms with van der Waals surface area (Å²) in [6, 6.07) is 15.0. The molecule has 0 unspecified atom stereocenters. The van der Waals surface area contributed by atoms with Gasteiger partial charge in [-0.2, -0.15) is 13.2 Å². The Morgan fingerprint density at radius 2 is 1.67 bits per heavy atom. The highest BCUT2D eigenvalue weighted by molar-refractivity contribution is 6.02. The number of aromatic carboxylic acids is 1. The maximum atomic E-state index is 13.8. The molecular formula is C26H18F3NO3. The first-order valence-electron chi connectivity index (χ1n) is 9.92. The van der Waals surface area contributed by atoms with Gasteiger partial charge in [0, 0.05) is 29.6 Å². The predicted molar refractivity (Wildman–Crippen MR) is 119 cm³/mol. The summed E-state index contributed by atoms with van der Waals surface area (Å²) in [5.41, 5.74) is 1.19. The third kappa shape index (κ3) is 4.03. The Balaban J connectivity index is 2.09. The van der Waals surface area contributed by atoms with Crippen molar-refractivity contribution in [2.24, 2.45) is 7.05 Å². The lowest BCUT2D eigenvalue weighted by molar-refractivity contribution is -0.137. The smallest absolute Gasteiger partial charge is 0.417 e. The summed E-state index contributed by atoms with van der Waals surface area (Å²) in [5, 5.41) is 20.0. The van der Waals surface area contributed by atoms with Crippen LogP contribution in [0.3, 0.4) is 0 Å². The quantitative estimate of drug-likeness (QED) is 0.370. The molecule has 166 valence electrons. The summed E-state index contributed by atoms with van der Waals surface area (Å²) in [5.74, 6) is 4.10. The van der Waals surface area contributed by atoms with Crippen molar-refractivity contribution < 1.29 is 28.2 Å². The molecule has 4 nitrogen and oxygen atoms in total. The number of carboxylic acid groups (broad SMARTS) is 1. The first-order valence-corrected chi connectivity index (χ1v) is 9.92. The molecule has 2 N–H and O–H groups in total. The number of carbonyl (C=O) groups is 1. The maximum Gasteiger partial charge on any atom is 0.417 e. The number of halogens is 3. The van der Waals surface area contributed by atoms with Crippen molar-refractivity contribution in [1.29, 1.82) is 0 Å². The van der Waals surface area contributed by atoms with Gasteiger partial charge < -0.3 is 14.8 Å². The maximum absolute atomic E-state index is 13.8. The van der Waals surface area contributed by atoms with Crippen LogP contribution in [-0.4, -0.2) is 20.7 Å². The topological polar surface area (TPSA) is 62.5 Å². The number of aryl methyl sites for hydroxylation is 2. The molecular weight excluding hydrogens is 431 g/mol. The van der Waals surface area contributed by atoms with Crippen LogP contribution in [-0.2, 0) is 13.2 Å². The van der Waals surface area contributed by atoms with Gasteiger partial charge in [-0.3, -0.25) is 0 Å². The number of nitrogens with zero attached hydrogens (tertiary/aromatic N) is 1. The Morgan fingerprint density at radius 1 is 1.00 bits per heavy atom. The number of fused-ring (bicyclic) bond motifs is 1. The zero-order valence-electron chi connectivity index (χ0n) is 17.7. The average molecular weight is 449 g/mol. The number of benzene rings is 3. The first-order chi connectivity index (χ1) is 15.6. The lowest BCUT2D eigenvalue weighted by Crippen LogP contribution is -2.08. The van der Waals surface area contributed by atoms with Gasteiger partial charge in [-0.1, -0.05) is 47.7 Å². The van der Waals surface area contributed by atoms with E-state index in [-0.39, 0.29) is 22.4 Å². The molecule has 0 bridgehead atoms. The second-order valence-electron chi connectivity index (χ2n) is 7.63. The van der Waals surface area contributed by atoms with Crippen molar-refractivity contribution in [2.45, 2.75) is 13.1 Å². The summed E-state index contributed by atoms with van der Waals surface area (Å²) in [4.78, 5) is 11.6. The molecule has 7 heteroatoms. The summed E-state index contributed by atoms with van der Waals surface area (Å²) < 4.78 is 42.9. The highest BCUT2D eigenvalue weighted by atomic mass is 19.4. The summed E-state index contributed by atoms with van der Waals surface area (Å²) >= 11 is 0. The largest absolute Gasteiger partial charge is 0.507 e. The lowest BCUT2D eigenvalue weighted by atomic mass is 9.99. The predicted octanol–water partition coefficient (Wildman–Crippen LogP) is 5.98. The number of hydrogen-bond acceptors (Lipinski definition) is 2. The molecule has 0 fully saturated rings. The Morgan fingerprint density at radius 3 is 2.30 bits per heavy atom. The third-order valence-electron chi connectivity index (χ3n) is 5.42. The average Bonchev–Trinajstić information content (AvgIpc) is 3.02. The highest BCUT2D eigenvalue weighted by Gasteiger charge is 2.35. The van der Waals surface area contributed by atoms with Crippen molar-refractivity contribution in [3.05, 3.63) is 88.5 Å². The first kappa shape index (κ1) is 22.0. The van der Waals surface area contributed by atoms with Crippen LogP contribution < -0.4 is 0 Å². The van der Waals surface area contributed by atoms with Crippen LogP contribution in [0, 0.1) is 18.8 Å². The molecule has 33 heavy (non-hydrogen) atoms. The van der Waals surface area contributed by atoms with Gasteiger partial charge in [0.05, 0.1) is 22.3 Å². The number of phenols is 1. The van der Waals surface area contributed by atoms with E-state index in [0.29, 0.717) is 16.5 Å². The third-order valence-corrected chi connectivity index (χ3v) is 5.42. The Bertz CT molecular complexity index is 1450. The number of hydrogen-bond donors (Lipinski definition) is 2. The van der Waals surface area contributed by atoms with Gasteiger partial charge in [-0.15, -0.1) is 0 Å². The van der Waals surface area contributed by atoms with E-state index >= 15 is 0 Å². The number of alkyl halides is 3. The van der Waals surface area contributed by atoms with E-state index in [1.807, 2.05) is 19.1 Å². The molecule has 0 saturated carbocycles. The second-order valence-corrected chi connectivity index (χ2v) is 7.63. The molecule has 0 radical (unpaired) electrons. The lowest BCUT2D eigenvalue weighted by Gasteiger charge is -2.14. The zero-order valence-corrected chi connectivity index (χ0v) is 17.7. The highest BCUT2D eigenvalue weighted by Crippen LogP contribution is 2.41. The van der Waals surface area contributed by atoms with Gasteiger partial charge in [0.1, 0.15) is 11.3 Å². The van der Waals surface area contributed by atoms with Gasteiger partial charge in [-0.25, -0.2) is 4.79 Å². The molecule has 4 aromatic rings. The molecule has 0 aliphatic rings. The number of rotatable bonds is 2. The van der Waals surface area contributed by atoms with E-state index in [0.717, 1.165) is 11.6 Å². The molecule has 0 aliphatic carbocycles. The van der Waals surface area contributed by atoms with Crippen molar-refractivity contribution >= 4 is 16.9 Å².